The highest BCUT2D eigenvalue weighted by Gasteiger charge is 2.14. The molecule has 0 aliphatic carbocycles. The van der Waals surface area contributed by atoms with E-state index in [2.05, 4.69) is 32.6 Å². The van der Waals surface area contributed by atoms with E-state index in [1.165, 1.54) is 17.4 Å². The summed E-state index contributed by atoms with van der Waals surface area (Å²) in [5.41, 5.74) is 5.56. The third-order valence-corrected chi connectivity index (χ3v) is 5.00. The van der Waals surface area contributed by atoms with E-state index in [9.17, 15) is 8.42 Å². The Morgan fingerprint density at radius 3 is 2.42 bits per heavy atom. The van der Waals surface area contributed by atoms with Crippen LogP contribution < -0.4 is 4.74 Å². The van der Waals surface area contributed by atoms with Gasteiger partial charge >= 0.3 is 0 Å². The van der Waals surface area contributed by atoms with Crippen molar-refractivity contribution in [3.05, 3.63) is 59.7 Å². The van der Waals surface area contributed by atoms with Crippen LogP contribution in [0.1, 0.15) is 23.1 Å². The van der Waals surface area contributed by atoms with Gasteiger partial charge in [0.15, 0.2) is 0 Å². The van der Waals surface area contributed by atoms with Gasteiger partial charge in [0.2, 0.25) is 0 Å². The lowest BCUT2D eigenvalue weighted by Gasteiger charge is -2.18. The second-order valence-electron chi connectivity index (χ2n) is 6.01. The van der Waals surface area contributed by atoms with Gasteiger partial charge in [0.05, 0.1) is 12.4 Å². The van der Waals surface area contributed by atoms with Gasteiger partial charge in [-0.3, -0.25) is 0 Å². The topological polar surface area (TPSA) is 43.4 Å². The van der Waals surface area contributed by atoms with Crippen molar-refractivity contribution in [2.75, 3.05) is 18.6 Å². The lowest BCUT2D eigenvalue weighted by molar-refractivity contribution is 0.317. The predicted octanol–water partition coefficient (Wildman–Crippen LogP) is 4.43. The maximum Gasteiger partial charge on any atom is 0.147 e. The van der Waals surface area contributed by atoms with Gasteiger partial charge in [-0.05, 0) is 48.6 Å². The van der Waals surface area contributed by atoms with Gasteiger partial charge < -0.3 is 4.74 Å². The highest BCUT2D eigenvalue weighted by Crippen LogP contribution is 2.35. The third-order valence-electron chi connectivity index (χ3n) is 3.97. The van der Waals surface area contributed by atoms with Gasteiger partial charge in [0.25, 0.3) is 0 Å². The van der Waals surface area contributed by atoms with Crippen LogP contribution in [0.4, 0.5) is 0 Å². The van der Waals surface area contributed by atoms with E-state index in [-0.39, 0.29) is 5.75 Å². The van der Waals surface area contributed by atoms with Gasteiger partial charge in [0, 0.05) is 11.8 Å². The van der Waals surface area contributed by atoms with Crippen LogP contribution in [0.25, 0.3) is 17.2 Å². The molecule has 0 fully saturated rings. The molecule has 2 aromatic carbocycles. The van der Waals surface area contributed by atoms with Gasteiger partial charge in [0.1, 0.15) is 15.6 Å². The summed E-state index contributed by atoms with van der Waals surface area (Å²) in [7, 11) is -2.95. The first kappa shape index (κ1) is 18.3. The molecule has 4 heteroatoms. The summed E-state index contributed by atoms with van der Waals surface area (Å²) in [6.07, 6.45) is 3.52. The number of rotatable bonds is 7. The molecule has 0 N–H and O–H groups in total. The van der Waals surface area contributed by atoms with Crippen LogP contribution in [-0.4, -0.2) is 27.0 Å². The quantitative estimate of drug-likeness (QED) is 0.698. The number of sulfone groups is 1. The molecular formula is C20H24O3S. The van der Waals surface area contributed by atoms with E-state index in [1.54, 1.807) is 6.08 Å². The molecule has 0 amide bonds. The predicted molar refractivity (Wildman–Crippen MR) is 101 cm³/mol. The fraction of sp³-hybridized carbons (Fsp3) is 0.300. The molecule has 0 saturated carbocycles. The standard InChI is InChI=1S/C20H24O3S/c1-5-18-16(3)20(17-10-7-6-8-11-17)15(2)14-19(18)23-12-9-13-24(4,21)22/h5-8,10-11,14H,1,9,12-13H2,2-4H3. The summed E-state index contributed by atoms with van der Waals surface area (Å²) in [5, 5.41) is 0. The SMILES string of the molecule is C=Cc1c(OCCCS(C)(=O)=O)cc(C)c(-c2ccccc2)c1C. The van der Waals surface area contributed by atoms with Crippen LogP contribution >= 0.6 is 0 Å². The maximum atomic E-state index is 11.2. The summed E-state index contributed by atoms with van der Waals surface area (Å²) < 4.78 is 28.2. The first-order valence-corrected chi connectivity index (χ1v) is 10.0. The van der Waals surface area contributed by atoms with Crippen LogP contribution in [0.2, 0.25) is 0 Å². The summed E-state index contributed by atoms with van der Waals surface area (Å²) in [6.45, 7) is 8.41. The molecule has 0 atom stereocenters. The molecule has 0 radical (unpaired) electrons. The molecule has 24 heavy (non-hydrogen) atoms. The average molecular weight is 344 g/mol. The fourth-order valence-electron chi connectivity index (χ4n) is 2.89. The molecule has 3 nitrogen and oxygen atoms in total. The van der Waals surface area contributed by atoms with Crippen molar-refractivity contribution in [2.45, 2.75) is 20.3 Å². The molecule has 0 spiro atoms. The Bertz CT molecular complexity index is 822. The zero-order valence-corrected chi connectivity index (χ0v) is 15.3. The van der Waals surface area contributed by atoms with Crippen LogP contribution in [0.5, 0.6) is 5.75 Å². The molecule has 0 aliphatic heterocycles. The van der Waals surface area contributed by atoms with E-state index in [0.717, 1.165) is 22.4 Å². The van der Waals surface area contributed by atoms with E-state index in [4.69, 9.17) is 4.74 Å². The Labute approximate surface area is 144 Å². The Morgan fingerprint density at radius 1 is 1.17 bits per heavy atom. The molecule has 0 unspecified atom stereocenters. The van der Waals surface area contributed by atoms with E-state index < -0.39 is 9.84 Å². The summed E-state index contributed by atoms with van der Waals surface area (Å²) in [4.78, 5) is 0. The van der Waals surface area contributed by atoms with Crippen LogP contribution in [0.3, 0.4) is 0 Å². The van der Waals surface area contributed by atoms with Crippen molar-refractivity contribution >= 4 is 15.9 Å². The average Bonchev–Trinajstić information content (AvgIpc) is 2.51. The number of benzene rings is 2. The Balaban J connectivity index is 2.30. The van der Waals surface area contributed by atoms with Gasteiger partial charge in [-0.15, -0.1) is 0 Å². The molecular weight excluding hydrogens is 320 g/mol. The third kappa shape index (κ3) is 4.48. The zero-order chi connectivity index (χ0) is 17.7. The molecule has 2 rings (SSSR count). The minimum atomic E-state index is -2.95. The fourth-order valence-corrected chi connectivity index (χ4v) is 3.53. The van der Waals surface area contributed by atoms with E-state index >= 15 is 0 Å². The zero-order valence-electron chi connectivity index (χ0n) is 14.5. The highest BCUT2D eigenvalue weighted by atomic mass is 32.2. The number of aryl methyl sites for hydroxylation is 1. The van der Waals surface area contributed by atoms with Crippen molar-refractivity contribution in [2.24, 2.45) is 0 Å². The van der Waals surface area contributed by atoms with Crippen molar-refractivity contribution < 1.29 is 13.2 Å². The van der Waals surface area contributed by atoms with Gasteiger partial charge in [-0.2, -0.15) is 0 Å². The van der Waals surface area contributed by atoms with Crippen LogP contribution in [-0.2, 0) is 9.84 Å². The smallest absolute Gasteiger partial charge is 0.147 e. The Kier molecular flexibility index (Phi) is 5.84. The monoisotopic (exact) mass is 344 g/mol. The van der Waals surface area contributed by atoms with Gasteiger partial charge in [-0.25, -0.2) is 8.42 Å². The number of ether oxygens (including phenoxy) is 1. The summed E-state index contributed by atoms with van der Waals surface area (Å²) in [6, 6.07) is 12.2. The molecule has 2 aromatic rings. The van der Waals surface area contributed by atoms with E-state index in [0.29, 0.717) is 13.0 Å². The molecule has 0 aromatic heterocycles. The van der Waals surface area contributed by atoms with Crippen molar-refractivity contribution in [3.63, 3.8) is 0 Å². The Hall–Kier alpha value is -2.07. The minimum Gasteiger partial charge on any atom is -0.493 e. The van der Waals surface area contributed by atoms with Crippen molar-refractivity contribution in [1.82, 2.24) is 0 Å². The largest absolute Gasteiger partial charge is 0.493 e. The lowest BCUT2D eigenvalue weighted by atomic mass is 9.91. The second kappa shape index (κ2) is 7.67. The second-order valence-corrected chi connectivity index (χ2v) is 8.27. The van der Waals surface area contributed by atoms with Gasteiger partial charge in [-0.1, -0.05) is 43.0 Å². The van der Waals surface area contributed by atoms with Crippen LogP contribution in [0, 0.1) is 13.8 Å². The lowest BCUT2D eigenvalue weighted by Crippen LogP contribution is -2.09. The number of hydrogen-bond acceptors (Lipinski definition) is 3. The first-order valence-electron chi connectivity index (χ1n) is 7.96. The minimum absolute atomic E-state index is 0.135. The molecule has 0 saturated heterocycles. The normalized spacial score (nSPS) is 11.3. The number of hydrogen-bond donors (Lipinski definition) is 0. The maximum absolute atomic E-state index is 11.2. The first-order chi connectivity index (χ1) is 11.3. The van der Waals surface area contributed by atoms with Crippen LogP contribution in [0.15, 0.2) is 43.0 Å². The molecule has 0 aliphatic rings. The highest BCUT2D eigenvalue weighted by molar-refractivity contribution is 7.90. The molecule has 0 bridgehead atoms. The van der Waals surface area contributed by atoms with Crippen molar-refractivity contribution in [1.29, 1.82) is 0 Å². The summed E-state index contributed by atoms with van der Waals surface area (Å²) in [5.74, 6) is 0.893. The summed E-state index contributed by atoms with van der Waals surface area (Å²) >= 11 is 0. The van der Waals surface area contributed by atoms with Crippen molar-refractivity contribution in [3.8, 4) is 16.9 Å². The molecule has 0 heterocycles. The Morgan fingerprint density at radius 2 is 1.83 bits per heavy atom. The van der Waals surface area contributed by atoms with E-state index in [1.807, 2.05) is 24.3 Å². The molecule has 128 valence electrons.